The maximum atomic E-state index is 12.3. The molecule has 0 saturated carbocycles. The monoisotopic (exact) mass is 425 g/mol. The highest BCUT2D eigenvalue weighted by Gasteiger charge is 2.07. The first-order chi connectivity index (χ1) is 15.7. The predicted octanol–water partition coefficient (Wildman–Crippen LogP) is 4.49. The van der Waals surface area contributed by atoms with Crippen LogP contribution in [0.5, 0.6) is 0 Å². The number of benzene rings is 3. The standard InChI is InChI=1S/C25H23N5O2/c31-24(27-20-7-3-1-4-8-20)19-11-13-21(14-12-19)28-25(32)26-17-15-22-16-18-30(29-22)23-9-5-2-6-10-23/h1-14,16,18H,15,17H2,(H,27,31)(H2,26,28,32). The number of amides is 3. The second-order valence-electron chi connectivity index (χ2n) is 7.12. The number of carbonyl (C=O) groups excluding carboxylic acids is 2. The van der Waals surface area contributed by atoms with Gasteiger partial charge in [-0.3, -0.25) is 4.79 Å². The van der Waals surface area contributed by atoms with E-state index >= 15 is 0 Å². The normalized spacial score (nSPS) is 10.4. The van der Waals surface area contributed by atoms with Crippen LogP contribution in [0, 0.1) is 0 Å². The Bertz CT molecular complexity index is 1170. The molecule has 32 heavy (non-hydrogen) atoms. The molecule has 0 saturated heterocycles. The van der Waals surface area contributed by atoms with Gasteiger partial charge in [0, 0.05) is 36.1 Å². The zero-order valence-electron chi connectivity index (χ0n) is 17.4. The highest BCUT2D eigenvalue weighted by atomic mass is 16.2. The molecule has 4 rings (SSSR count). The van der Waals surface area contributed by atoms with Gasteiger partial charge in [0.25, 0.3) is 5.91 Å². The van der Waals surface area contributed by atoms with Crippen molar-refractivity contribution < 1.29 is 9.59 Å². The average molecular weight is 425 g/mol. The molecule has 0 radical (unpaired) electrons. The van der Waals surface area contributed by atoms with E-state index in [0.717, 1.165) is 17.1 Å². The Kier molecular flexibility index (Phi) is 6.57. The van der Waals surface area contributed by atoms with Gasteiger partial charge in [0.05, 0.1) is 11.4 Å². The van der Waals surface area contributed by atoms with Crippen LogP contribution in [0.3, 0.4) is 0 Å². The van der Waals surface area contributed by atoms with E-state index in [1.807, 2.05) is 77.6 Å². The first-order valence-electron chi connectivity index (χ1n) is 10.3. The number of carbonyl (C=O) groups is 2. The third kappa shape index (κ3) is 5.60. The van der Waals surface area contributed by atoms with Crippen LogP contribution in [-0.2, 0) is 6.42 Å². The molecule has 3 N–H and O–H groups in total. The van der Waals surface area contributed by atoms with Gasteiger partial charge in [-0.05, 0) is 54.6 Å². The quantitative estimate of drug-likeness (QED) is 0.408. The molecule has 0 aliphatic heterocycles. The molecule has 3 amide bonds. The third-order valence-corrected chi connectivity index (χ3v) is 4.77. The van der Waals surface area contributed by atoms with Crippen molar-refractivity contribution >= 4 is 23.3 Å². The molecule has 0 aliphatic rings. The topological polar surface area (TPSA) is 88.1 Å². The predicted molar refractivity (Wildman–Crippen MR) is 125 cm³/mol. The third-order valence-electron chi connectivity index (χ3n) is 4.77. The Morgan fingerprint density at radius 1 is 0.750 bits per heavy atom. The SMILES string of the molecule is O=C(NCCc1ccn(-c2ccccc2)n1)Nc1ccc(C(=O)Nc2ccccc2)cc1. The van der Waals surface area contributed by atoms with Crippen LogP contribution in [0.25, 0.3) is 5.69 Å². The van der Waals surface area contributed by atoms with Crippen LogP contribution in [-0.4, -0.2) is 28.3 Å². The van der Waals surface area contributed by atoms with E-state index < -0.39 is 0 Å². The summed E-state index contributed by atoms with van der Waals surface area (Å²) in [5.74, 6) is -0.206. The zero-order valence-corrected chi connectivity index (χ0v) is 17.4. The fourth-order valence-electron chi connectivity index (χ4n) is 3.13. The van der Waals surface area contributed by atoms with Crippen LogP contribution < -0.4 is 16.0 Å². The molecule has 3 aromatic carbocycles. The fraction of sp³-hybridized carbons (Fsp3) is 0.0800. The summed E-state index contributed by atoms with van der Waals surface area (Å²) in [6, 6.07) is 27.5. The molecule has 0 unspecified atom stereocenters. The zero-order chi connectivity index (χ0) is 22.2. The number of hydrogen-bond donors (Lipinski definition) is 3. The van der Waals surface area contributed by atoms with Gasteiger partial charge >= 0.3 is 6.03 Å². The summed E-state index contributed by atoms with van der Waals surface area (Å²) >= 11 is 0. The minimum absolute atomic E-state index is 0.206. The summed E-state index contributed by atoms with van der Waals surface area (Å²) in [7, 11) is 0. The van der Waals surface area contributed by atoms with Crippen molar-refractivity contribution in [3.8, 4) is 5.69 Å². The van der Waals surface area contributed by atoms with E-state index in [4.69, 9.17) is 0 Å². The van der Waals surface area contributed by atoms with Gasteiger partial charge in [0.2, 0.25) is 0 Å². The lowest BCUT2D eigenvalue weighted by atomic mass is 10.2. The fourth-order valence-corrected chi connectivity index (χ4v) is 3.13. The lowest BCUT2D eigenvalue weighted by Crippen LogP contribution is -2.30. The molecule has 1 heterocycles. The Labute approximate surface area is 186 Å². The highest BCUT2D eigenvalue weighted by Crippen LogP contribution is 2.12. The van der Waals surface area contributed by atoms with Gasteiger partial charge in [0.1, 0.15) is 0 Å². The van der Waals surface area contributed by atoms with Crippen molar-refractivity contribution in [1.82, 2.24) is 15.1 Å². The lowest BCUT2D eigenvalue weighted by Gasteiger charge is -2.08. The number of anilines is 2. The van der Waals surface area contributed by atoms with E-state index in [1.165, 1.54) is 0 Å². The van der Waals surface area contributed by atoms with Crippen LogP contribution in [0.2, 0.25) is 0 Å². The molecule has 0 fully saturated rings. The molecule has 1 aromatic heterocycles. The van der Waals surface area contributed by atoms with Gasteiger partial charge in [0.15, 0.2) is 0 Å². The number of nitrogens with one attached hydrogen (secondary N) is 3. The Morgan fingerprint density at radius 3 is 2.12 bits per heavy atom. The van der Waals surface area contributed by atoms with Gasteiger partial charge in [-0.2, -0.15) is 5.10 Å². The highest BCUT2D eigenvalue weighted by molar-refractivity contribution is 6.04. The van der Waals surface area contributed by atoms with Gasteiger partial charge in [-0.15, -0.1) is 0 Å². The molecule has 0 spiro atoms. The summed E-state index contributed by atoms with van der Waals surface area (Å²) < 4.78 is 1.81. The van der Waals surface area contributed by atoms with E-state index in [-0.39, 0.29) is 11.9 Å². The van der Waals surface area contributed by atoms with Crippen molar-refractivity contribution in [3.63, 3.8) is 0 Å². The largest absolute Gasteiger partial charge is 0.337 e. The smallest absolute Gasteiger partial charge is 0.319 e. The molecule has 4 aromatic rings. The van der Waals surface area contributed by atoms with E-state index in [2.05, 4.69) is 21.0 Å². The van der Waals surface area contributed by atoms with E-state index in [9.17, 15) is 9.59 Å². The molecule has 160 valence electrons. The van der Waals surface area contributed by atoms with Crippen molar-refractivity contribution in [1.29, 1.82) is 0 Å². The summed E-state index contributed by atoms with van der Waals surface area (Å²) in [5, 5.41) is 12.9. The number of urea groups is 1. The summed E-state index contributed by atoms with van der Waals surface area (Å²) in [4.78, 5) is 24.5. The van der Waals surface area contributed by atoms with Crippen molar-refractivity contribution in [2.45, 2.75) is 6.42 Å². The van der Waals surface area contributed by atoms with Crippen molar-refractivity contribution in [3.05, 3.63) is 108 Å². The molecule has 7 heteroatoms. The average Bonchev–Trinajstić information content (AvgIpc) is 3.30. The lowest BCUT2D eigenvalue weighted by molar-refractivity contribution is 0.102. The van der Waals surface area contributed by atoms with Crippen LogP contribution >= 0.6 is 0 Å². The molecular weight excluding hydrogens is 402 g/mol. The number of aromatic nitrogens is 2. The maximum absolute atomic E-state index is 12.3. The Morgan fingerprint density at radius 2 is 1.41 bits per heavy atom. The molecule has 0 atom stereocenters. The van der Waals surface area contributed by atoms with Gasteiger partial charge < -0.3 is 16.0 Å². The summed E-state index contributed by atoms with van der Waals surface area (Å²) in [5.41, 5.74) is 3.72. The minimum Gasteiger partial charge on any atom is -0.337 e. The summed E-state index contributed by atoms with van der Waals surface area (Å²) in [6.45, 7) is 0.454. The molecule has 7 nitrogen and oxygen atoms in total. The number of hydrogen-bond acceptors (Lipinski definition) is 3. The van der Waals surface area contributed by atoms with Crippen LogP contribution in [0.4, 0.5) is 16.2 Å². The van der Waals surface area contributed by atoms with Crippen molar-refractivity contribution in [2.24, 2.45) is 0 Å². The van der Waals surface area contributed by atoms with E-state index in [0.29, 0.717) is 24.2 Å². The van der Waals surface area contributed by atoms with Gasteiger partial charge in [-0.25, -0.2) is 9.48 Å². The van der Waals surface area contributed by atoms with Gasteiger partial charge in [-0.1, -0.05) is 36.4 Å². The molecule has 0 aliphatic carbocycles. The number of nitrogens with zero attached hydrogens (tertiary/aromatic N) is 2. The minimum atomic E-state index is -0.311. The first-order valence-corrected chi connectivity index (χ1v) is 10.3. The maximum Gasteiger partial charge on any atom is 0.319 e. The first kappa shape index (κ1) is 20.9. The summed E-state index contributed by atoms with van der Waals surface area (Å²) in [6.07, 6.45) is 2.52. The number of rotatable bonds is 7. The van der Waals surface area contributed by atoms with E-state index in [1.54, 1.807) is 24.3 Å². The molecule has 0 bridgehead atoms. The second kappa shape index (κ2) is 10.1. The van der Waals surface area contributed by atoms with Crippen LogP contribution in [0.1, 0.15) is 16.1 Å². The van der Waals surface area contributed by atoms with Crippen LogP contribution in [0.15, 0.2) is 97.2 Å². The Hall–Kier alpha value is -4.39. The Balaban J connectivity index is 1.23. The number of para-hydroxylation sites is 2. The van der Waals surface area contributed by atoms with Crippen molar-refractivity contribution in [2.75, 3.05) is 17.2 Å². The second-order valence-corrected chi connectivity index (χ2v) is 7.12. The molecular formula is C25H23N5O2.